The van der Waals surface area contributed by atoms with Crippen LogP contribution in [0.15, 0.2) is 22.9 Å². The molecule has 3 rings (SSSR count). The van der Waals surface area contributed by atoms with E-state index in [0.717, 1.165) is 17.0 Å². The van der Waals surface area contributed by atoms with E-state index in [1.807, 2.05) is 41.6 Å². The summed E-state index contributed by atoms with van der Waals surface area (Å²) in [6, 6.07) is 3.93. The zero-order chi connectivity index (χ0) is 15.5. The number of carbonyl (C=O) groups is 1. The molecule has 3 heterocycles. The highest BCUT2D eigenvalue weighted by Gasteiger charge is 2.27. The van der Waals surface area contributed by atoms with Crippen LogP contribution in [0.2, 0.25) is 0 Å². The summed E-state index contributed by atoms with van der Waals surface area (Å²) < 4.78 is 5.77. The molecule has 0 aliphatic carbocycles. The number of thiophene rings is 1. The summed E-state index contributed by atoms with van der Waals surface area (Å²) in [5.41, 5.74) is 2.92. The van der Waals surface area contributed by atoms with Crippen LogP contribution >= 0.6 is 11.3 Å². The first-order valence-electron chi connectivity index (χ1n) is 7.34. The summed E-state index contributed by atoms with van der Waals surface area (Å²) in [7, 11) is 0. The van der Waals surface area contributed by atoms with E-state index in [2.05, 4.69) is 9.97 Å². The van der Waals surface area contributed by atoms with Gasteiger partial charge in [0, 0.05) is 17.9 Å². The van der Waals surface area contributed by atoms with Gasteiger partial charge in [-0.1, -0.05) is 0 Å². The van der Waals surface area contributed by atoms with E-state index >= 15 is 0 Å². The molecule has 1 aliphatic heterocycles. The van der Waals surface area contributed by atoms with E-state index in [-0.39, 0.29) is 12.0 Å². The first kappa shape index (κ1) is 15.1. The second-order valence-corrected chi connectivity index (χ2v) is 6.30. The molecule has 116 valence electrons. The van der Waals surface area contributed by atoms with Crippen LogP contribution in [0.3, 0.4) is 0 Å². The van der Waals surface area contributed by atoms with Gasteiger partial charge in [0.15, 0.2) is 5.82 Å². The Bertz CT molecular complexity index is 637. The largest absolute Gasteiger partial charge is 0.367 e. The molecule has 1 atom stereocenters. The molecule has 6 heteroatoms. The van der Waals surface area contributed by atoms with Crippen LogP contribution < -0.4 is 0 Å². The van der Waals surface area contributed by atoms with Crippen molar-refractivity contribution in [3.05, 3.63) is 45.7 Å². The van der Waals surface area contributed by atoms with Crippen molar-refractivity contribution in [3.8, 4) is 0 Å². The van der Waals surface area contributed by atoms with Gasteiger partial charge in [-0.15, -0.1) is 0 Å². The predicted molar refractivity (Wildman–Crippen MR) is 84.8 cm³/mol. The van der Waals surface area contributed by atoms with Crippen LogP contribution in [0, 0.1) is 13.8 Å². The van der Waals surface area contributed by atoms with Crippen LogP contribution in [-0.2, 0) is 16.0 Å². The number of amides is 1. The molecule has 2 aromatic heterocycles. The van der Waals surface area contributed by atoms with Gasteiger partial charge < -0.3 is 9.64 Å². The van der Waals surface area contributed by atoms with Crippen molar-refractivity contribution in [2.45, 2.75) is 26.4 Å². The summed E-state index contributed by atoms with van der Waals surface area (Å²) >= 11 is 1.61. The van der Waals surface area contributed by atoms with E-state index in [0.29, 0.717) is 31.9 Å². The number of carbonyl (C=O) groups excluding carboxylic acids is 1. The normalized spacial score (nSPS) is 18.5. The Morgan fingerprint density at radius 3 is 2.86 bits per heavy atom. The fraction of sp³-hybridized carbons (Fsp3) is 0.438. The average molecular weight is 317 g/mol. The molecule has 1 aliphatic rings. The number of morpholine rings is 1. The highest BCUT2D eigenvalue weighted by molar-refractivity contribution is 7.07. The van der Waals surface area contributed by atoms with Crippen molar-refractivity contribution in [3.63, 3.8) is 0 Å². The third-order valence-electron chi connectivity index (χ3n) is 3.64. The van der Waals surface area contributed by atoms with Gasteiger partial charge >= 0.3 is 0 Å². The molecule has 0 saturated carbocycles. The van der Waals surface area contributed by atoms with Crippen LogP contribution in [0.1, 0.15) is 28.9 Å². The van der Waals surface area contributed by atoms with Gasteiger partial charge in [-0.05, 0) is 42.3 Å². The molecule has 0 spiro atoms. The third-order valence-corrected chi connectivity index (χ3v) is 4.37. The Hall–Kier alpha value is -1.79. The fourth-order valence-corrected chi connectivity index (χ4v) is 3.28. The highest BCUT2D eigenvalue weighted by Crippen LogP contribution is 2.21. The molecule has 1 amide bonds. The molecular weight excluding hydrogens is 298 g/mol. The monoisotopic (exact) mass is 317 g/mol. The maximum atomic E-state index is 12.4. The average Bonchev–Trinajstić information content (AvgIpc) is 2.99. The lowest BCUT2D eigenvalue weighted by Crippen LogP contribution is -2.43. The Morgan fingerprint density at radius 1 is 1.41 bits per heavy atom. The minimum atomic E-state index is -0.237. The molecule has 1 saturated heterocycles. The molecule has 1 fully saturated rings. The Kier molecular flexibility index (Phi) is 4.49. The van der Waals surface area contributed by atoms with E-state index in [1.54, 1.807) is 11.3 Å². The second-order valence-electron chi connectivity index (χ2n) is 5.52. The predicted octanol–water partition coefficient (Wildman–Crippen LogP) is 2.30. The van der Waals surface area contributed by atoms with E-state index in [9.17, 15) is 4.79 Å². The summed E-state index contributed by atoms with van der Waals surface area (Å²) in [6.45, 7) is 5.56. The molecule has 0 bridgehead atoms. The number of hydrogen-bond donors (Lipinski definition) is 0. The van der Waals surface area contributed by atoms with Crippen molar-refractivity contribution in [1.82, 2.24) is 14.9 Å². The molecule has 5 nitrogen and oxygen atoms in total. The zero-order valence-electron chi connectivity index (χ0n) is 12.8. The molecule has 0 radical (unpaired) electrons. The van der Waals surface area contributed by atoms with Gasteiger partial charge in [0.1, 0.15) is 6.10 Å². The zero-order valence-corrected chi connectivity index (χ0v) is 13.6. The number of aromatic nitrogens is 2. The van der Waals surface area contributed by atoms with E-state index < -0.39 is 0 Å². The number of aryl methyl sites for hydroxylation is 2. The first-order chi connectivity index (χ1) is 10.6. The molecule has 0 N–H and O–H groups in total. The lowest BCUT2D eigenvalue weighted by molar-refractivity contribution is -0.138. The van der Waals surface area contributed by atoms with Crippen LogP contribution in [-0.4, -0.2) is 40.5 Å². The molecule has 22 heavy (non-hydrogen) atoms. The Labute approximate surface area is 134 Å². The fourth-order valence-electron chi connectivity index (χ4n) is 2.61. The summed E-state index contributed by atoms with van der Waals surface area (Å²) in [5, 5.41) is 4.01. The molecule has 0 unspecified atom stereocenters. The summed E-state index contributed by atoms with van der Waals surface area (Å²) in [5.74, 6) is 0.807. The summed E-state index contributed by atoms with van der Waals surface area (Å²) in [6.07, 6.45) is 0.211. The topological polar surface area (TPSA) is 55.3 Å². The van der Waals surface area contributed by atoms with Crippen LogP contribution in [0.5, 0.6) is 0 Å². The quantitative estimate of drug-likeness (QED) is 0.871. The second kappa shape index (κ2) is 6.54. The van der Waals surface area contributed by atoms with Gasteiger partial charge in [-0.25, -0.2) is 9.97 Å². The first-order valence-corrected chi connectivity index (χ1v) is 8.29. The molecule has 0 aromatic carbocycles. The van der Waals surface area contributed by atoms with Crippen molar-refractivity contribution >= 4 is 17.2 Å². The minimum absolute atomic E-state index is 0.135. The van der Waals surface area contributed by atoms with Gasteiger partial charge in [0.2, 0.25) is 5.91 Å². The number of nitrogens with zero attached hydrogens (tertiary/aromatic N) is 3. The van der Waals surface area contributed by atoms with Gasteiger partial charge in [0.05, 0.1) is 19.6 Å². The number of hydrogen-bond acceptors (Lipinski definition) is 5. The molecular formula is C16H19N3O2S. The van der Waals surface area contributed by atoms with Crippen molar-refractivity contribution in [2.75, 3.05) is 19.7 Å². The number of rotatable bonds is 3. The lowest BCUT2D eigenvalue weighted by atomic mass is 10.2. The van der Waals surface area contributed by atoms with Crippen molar-refractivity contribution in [2.24, 2.45) is 0 Å². The molecule has 2 aromatic rings. The van der Waals surface area contributed by atoms with Gasteiger partial charge in [-0.3, -0.25) is 4.79 Å². The SMILES string of the molecule is Cc1cc(C)nc([C@@H]2CN(C(=O)Cc3ccsc3)CCO2)n1. The third kappa shape index (κ3) is 3.51. The lowest BCUT2D eigenvalue weighted by Gasteiger charge is -2.32. The van der Waals surface area contributed by atoms with Gasteiger partial charge in [0.25, 0.3) is 0 Å². The van der Waals surface area contributed by atoms with Crippen molar-refractivity contribution in [1.29, 1.82) is 0 Å². The van der Waals surface area contributed by atoms with E-state index in [4.69, 9.17) is 4.74 Å². The van der Waals surface area contributed by atoms with Crippen LogP contribution in [0.25, 0.3) is 0 Å². The maximum absolute atomic E-state index is 12.4. The minimum Gasteiger partial charge on any atom is -0.367 e. The smallest absolute Gasteiger partial charge is 0.227 e. The maximum Gasteiger partial charge on any atom is 0.227 e. The Morgan fingerprint density at radius 2 is 2.18 bits per heavy atom. The van der Waals surface area contributed by atoms with Gasteiger partial charge in [-0.2, -0.15) is 11.3 Å². The van der Waals surface area contributed by atoms with E-state index in [1.165, 1.54) is 0 Å². The van der Waals surface area contributed by atoms with Crippen molar-refractivity contribution < 1.29 is 9.53 Å². The standard InChI is InChI=1S/C16H19N3O2S/c1-11-7-12(2)18-16(17-11)14-9-19(4-5-21-14)15(20)8-13-3-6-22-10-13/h3,6-7,10,14H,4-5,8-9H2,1-2H3/t14-/m0/s1. The van der Waals surface area contributed by atoms with Crippen LogP contribution in [0.4, 0.5) is 0 Å². The Balaban J connectivity index is 1.69. The summed E-state index contributed by atoms with van der Waals surface area (Å²) in [4.78, 5) is 23.2. The number of ether oxygens (including phenoxy) is 1. The highest BCUT2D eigenvalue weighted by atomic mass is 32.1.